The lowest BCUT2D eigenvalue weighted by Crippen LogP contribution is -2.32. The topological polar surface area (TPSA) is 71.1 Å². The molecule has 1 heterocycles. The molecule has 2 aliphatic rings. The Bertz CT molecular complexity index is 607. The molecule has 6 heteroatoms. The second-order valence-corrected chi connectivity index (χ2v) is 7.97. The minimum atomic E-state index is -3.50. The van der Waals surface area contributed by atoms with E-state index >= 15 is 0 Å². The van der Waals surface area contributed by atoms with Gasteiger partial charge in [0.25, 0.3) is 0 Å². The van der Waals surface area contributed by atoms with Crippen LogP contribution in [-0.2, 0) is 10.0 Å². The molecule has 0 aromatic carbocycles. The Hall–Kier alpha value is -1.14. The Balaban J connectivity index is 1.72. The van der Waals surface area contributed by atoms with Crippen LogP contribution in [0.3, 0.4) is 0 Å². The van der Waals surface area contributed by atoms with Gasteiger partial charge in [-0.2, -0.15) is 0 Å². The Morgan fingerprint density at radius 3 is 2.76 bits per heavy atom. The number of rotatable bonds is 8. The maximum Gasteiger partial charge on any atom is 0.244 e. The van der Waals surface area contributed by atoms with E-state index in [1.807, 2.05) is 6.92 Å². The van der Waals surface area contributed by atoms with Gasteiger partial charge < -0.3 is 5.32 Å². The molecule has 0 spiro atoms. The molecule has 0 bridgehead atoms. The molecule has 2 N–H and O–H groups in total. The summed E-state index contributed by atoms with van der Waals surface area (Å²) in [6.07, 6.45) is 7.38. The van der Waals surface area contributed by atoms with Crippen molar-refractivity contribution in [2.45, 2.75) is 43.9 Å². The van der Waals surface area contributed by atoms with Gasteiger partial charge in [-0.25, -0.2) is 18.1 Å². The molecule has 0 saturated heterocycles. The lowest BCUT2D eigenvalue weighted by Gasteiger charge is -2.16. The van der Waals surface area contributed by atoms with E-state index < -0.39 is 10.0 Å². The van der Waals surface area contributed by atoms with Crippen LogP contribution in [0.15, 0.2) is 23.2 Å². The normalized spacial score (nSPS) is 20.2. The first-order chi connectivity index (χ1) is 10.1. The van der Waals surface area contributed by atoms with Crippen molar-refractivity contribution >= 4 is 15.8 Å². The summed E-state index contributed by atoms with van der Waals surface area (Å²) in [5, 5.41) is 3.09. The molecule has 2 aliphatic carbocycles. The van der Waals surface area contributed by atoms with E-state index in [0.717, 1.165) is 25.2 Å². The highest BCUT2D eigenvalue weighted by Crippen LogP contribution is 2.60. The van der Waals surface area contributed by atoms with Crippen LogP contribution >= 0.6 is 0 Å². The van der Waals surface area contributed by atoms with E-state index in [1.165, 1.54) is 12.8 Å². The predicted molar refractivity (Wildman–Crippen MR) is 82.6 cm³/mol. The van der Waals surface area contributed by atoms with Crippen LogP contribution in [-0.4, -0.2) is 26.5 Å². The second kappa shape index (κ2) is 5.57. The van der Waals surface area contributed by atoms with Crippen LogP contribution in [0, 0.1) is 11.3 Å². The third-order valence-electron chi connectivity index (χ3n) is 4.55. The third-order valence-corrected chi connectivity index (χ3v) is 5.99. The summed E-state index contributed by atoms with van der Waals surface area (Å²) >= 11 is 0. The number of anilines is 1. The number of sulfonamides is 1. The van der Waals surface area contributed by atoms with Crippen molar-refractivity contribution in [3.05, 3.63) is 18.3 Å². The first-order valence-electron chi connectivity index (χ1n) is 7.76. The van der Waals surface area contributed by atoms with Crippen LogP contribution in [0.1, 0.15) is 39.0 Å². The molecule has 1 aromatic rings. The van der Waals surface area contributed by atoms with Gasteiger partial charge in [-0.05, 0) is 55.6 Å². The molecular formula is C15H23N3O2S. The maximum atomic E-state index is 12.5. The summed E-state index contributed by atoms with van der Waals surface area (Å²) in [7, 11) is -3.50. The fourth-order valence-corrected chi connectivity index (χ4v) is 4.16. The number of hydrogen-bond acceptors (Lipinski definition) is 4. The van der Waals surface area contributed by atoms with Crippen molar-refractivity contribution < 1.29 is 8.42 Å². The van der Waals surface area contributed by atoms with E-state index in [2.05, 4.69) is 15.0 Å². The fourth-order valence-electron chi connectivity index (χ4n) is 2.89. The lowest BCUT2D eigenvalue weighted by atomic mass is 10.0. The van der Waals surface area contributed by atoms with Crippen molar-refractivity contribution in [3.8, 4) is 0 Å². The molecule has 0 amide bonds. The zero-order valence-corrected chi connectivity index (χ0v) is 13.2. The van der Waals surface area contributed by atoms with E-state index in [1.54, 1.807) is 18.3 Å². The Kier molecular flexibility index (Phi) is 3.92. The van der Waals surface area contributed by atoms with Crippen LogP contribution < -0.4 is 10.0 Å². The number of hydrogen-bond donors (Lipinski definition) is 2. The highest BCUT2D eigenvalue weighted by atomic mass is 32.2. The van der Waals surface area contributed by atoms with E-state index in [0.29, 0.717) is 18.9 Å². The molecule has 5 nitrogen and oxygen atoms in total. The highest BCUT2D eigenvalue weighted by Gasteiger charge is 2.53. The summed E-state index contributed by atoms with van der Waals surface area (Å²) in [5.41, 5.74) is 0.256. The molecule has 1 aromatic heterocycles. The summed E-state index contributed by atoms with van der Waals surface area (Å²) in [6.45, 7) is 3.32. The molecule has 2 fully saturated rings. The molecule has 0 radical (unpaired) electrons. The van der Waals surface area contributed by atoms with Crippen LogP contribution in [0.4, 0.5) is 5.82 Å². The van der Waals surface area contributed by atoms with Crippen molar-refractivity contribution in [1.29, 1.82) is 0 Å². The molecular weight excluding hydrogens is 286 g/mol. The number of nitrogens with zero attached hydrogens (tertiary/aromatic N) is 1. The van der Waals surface area contributed by atoms with Gasteiger partial charge in [0.1, 0.15) is 10.7 Å². The van der Waals surface area contributed by atoms with Gasteiger partial charge in [0, 0.05) is 19.3 Å². The van der Waals surface area contributed by atoms with Crippen LogP contribution in [0.25, 0.3) is 0 Å². The molecule has 3 rings (SSSR count). The summed E-state index contributed by atoms with van der Waals surface area (Å²) in [4.78, 5) is 4.41. The largest absolute Gasteiger partial charge is 0.369 e. The predicted octanol–water partition coefficient (Wildman–Crippen LogP) is 2.37. The average Bonchev–Trinajstić information content (AvgIpc) is 3.36. The first kappa shape index (κ1) is 14.8. The molecule has 116 valence electrons. The molecule has 0 unspecified atom stereocenters. The maximum absolute atomic E-state index is 12.5. The summed E-state index contributed by atoms with van der Waals surface area (Å²) in [5.74, 6) is 1.19. The van der Waals surface area contributed by atoms with Gasteiger partial charge in [0.15, 0.2) is 0 Å². The number of pyridine rings is 1. The second-order valence-electron chi connectivity index (χ2n) is 6.24. The van der Waals surface area contributed by atoms with E-state index in [-0.39, 0.29) is 10.3 Å². The molecule has 0 aliphatic heterocycles. The van der Waals surface area contributed by atoms with E-state index in [4.69, 9.17) is 0 Å². The highest BCUT2D eigenvalue weighted by molar-refractivity contribution is 7.89. The average molecular weight is 309 g/mol. The monoisotopic (exact) mass is 309 g/mol. The first-order valence-corrected chi connectivity index (χ1v) is 9.24. The molecule has 2 saturated carbocycles. The zero-order valence-electron chi connectivity index (χ0n) is 12.4. The fraction of sp³-hybridized carbons (Fsp3) is 0.667. The minimum Gasteiger partial charge on any atom is -0.369 e. The molecule has 21 heavy (non-hydrogen) atoms. The van der Waals surface area contributed by atoms with Crippen LogP contribution in [0.5, 0.6) is 0 Å². The van der Waals surface area contributed by atoms with Gasteiger partial charge >= 0.3 is 0 Å². The van der Waals surface area contributed by atoms with Gasteiger partial charge in [-0.1, -0.05) is 6.92 Å². The van der Waals surface area contributed by atoms with Gasteiger partial charge in [0.2, 0.25) is 10.0 Å². The summed E-state index contributed by atoms with van der Waals surface area (Å²) < 4.78 is 27.9. The standard InChI is InChI=1S/C15H23N3O2S/c1-2-9-16-14-13(4-3-10-17-14)21(19,20)18-11-15(7-8-15)12-5-6-12/h3-4,10,12,18H,2,5-9,11H2,1H3,(H,16,17). The SMILES string of the molecule is CCCNc1ncccc1S(=O)(=O)NCC1(C2CC2)CC1. The van der Waals surface area contributed by atoms with Crippen molar-refractivity contribution in [1.82, 2.24) is 9.71 Å². The lowest BCUT2D eigenvalue weighted by molar-refractivity contribution is 0.432. The third kappa shape index (κ3) is 3.21. The minimum absolute atomic E-state index is 0.255. The smallest absolute Gasteiger partial charge is 0.244 e. The van der Waals surface area contributed by atoms with Gasteiger partial charge in [-0.3, -0.25) is 0 Å². The van der Waals surface area contributed by atoms with Crippen molar-refractivity contribution in [3.63, 3.8) is 0 Å². The zero-order chi connectivity index (χ0) is 14.9. The van der Waals surface area contributed by atoms with Crippen LogP contribution in [0.2, 0.25) is 0 Å². The van der Waals surface area contributed by atoms with Gasteiger partial charge in [-0.15, -0.1) is 0 Å². The number of nitrogens with one attached hydrogen (secondary N) is 2. The number of aromatic nitrogens is 1. The molecule has 0 atom stereocenters. The Morgan fingerprint density at radius 2 is 2.14 bits per heavy atom. The quantitative estimate of drug-likeness (QED) is 0.773. The van der Waals surface area contributed by atoms with E-state index in [9.17, 15) is 8.42 Å². The Labute approximate surface area is 126 Å². The van der Waals surface area contributed by atoms with Crippen molar-refractivity contribution in [2.75, 3.05) is 18.4 Å². The summed E-state index contributed by atoms with van der Waals surface area (Å²) in [6, 6.07) is 3.28. The Morgan fingerprint density at radius 1 is 1.38 bits per heavy atom. The van der Waals surface area contributed by atoms with Crippen molar-refractivity contribution in [2.24, 2.45) is 11.3 Å². The van der Waals surface area contributed by atoms with Gasteiger partial charge in [0.05, 0.1) is 0 Å².